The Morgan fingerprint density at radius 2 is 1.73 bits per heavy atom. The maximum absolute atomic E-state index is 12.0. The van der Waals surface area contributed by atoms with Gasteiger partial charge in [-0.3, -0.25) is 4.79 Å². The minimum absolute atomic E-state index is 0.225. The molecule has 0 aliphatic carbocycles. The van der Waals surface area contributed by atoms with E-state index in [-0.39, 0.29) is 13.1 Å². The Morgan fingerprint density at radius 1 is 1.27 bits per heavy atom. The summed E-state index contributed by atoms with van der Waals surface area (Å²) in [6, 6.07) is 0. The first kappa shape index (κ1) is 12.3. The summed E-state index contributed by atoms with van der Waals surface area (Å²) in [4.78, 5) is 14.1. The molecule has 88 valence electrons. The van der Waals surface area contributed by atoms with Crippen molar-refractivity contribution < 1.29 is 23.1 Å². The van der Waals surface area contributed by atoms with Gasteiger partial charge in [-0.1, -0.05) is 0 Å². The molecule has 7 heteroatoms. The van der Waals surface area contributed by atoms with Gasteiger partial charge < -0.3 is 14.9 Å². The second-order valence-electron chi connectivity index (χ2n) is 3.57. The average molecular weight is 226 g/mol. The van der Waals surface area contributed by atoms with Crippen molar-refractivity contribution in [3.63, 3.8) is 0 Å². The van der Waals surface area contributed by atoms with Crippen LogP contribution in [-0.2, 0) is 4.79 Å². The molecule has 1 atom stereocenters. The number of carbonyl (C=O) groups is 1. The second kappa shape index (κ2) is 4.36. The van der Waals surface area contributed by atoms with Gasteiger partial charge in [0.15, 0.2) is 0 Å². The fourth-order valence-corrected chi connectivity index (χ4v) is 1.34. The Labute approximate surface area is 85.3 Å². The Hall–Kier alpha value is -0.820. The van der Waals surface area contributed by atoms with Crippen molar-refractivity contribution >= 4 is 5.91 Å². The number of aliphatic hydroxyl groups is 1. The number of amides is 1. The molecule has 1 heterocycles. The number of hydrogen-bond donors (Lipinski definition) is 1. The molecule has 1 N–H and O–H groups in total. The van der Waals surface area contributed by atoms with Crippen molar-refractivity contribution in [3.8, 4) is 0 Å². The van der Waals surface area contributed by atoms with Crippen molar-refractivity contribution in [1.29, 1.82) is 0 Å². The van der Waals surface area contributed by atoms with Gasteiger partial charge in [-0.15, -0.1) is 0 Å². The van der Waals surface area contributed by atoms with E-state index < -0.39 is 18.2 Å². The third-order valence-corrected chi connectivity index (χ3v) is 2.36. The molecule has 0 aromatic rings. The second-order valence-corrected chi connectivity index (χ2v) is 3.57. The summed E-state index contributed by atoms with van der Waals surface area (Å²) in [5.41, 5.74) is 0. The molecule has 1 amide bonds. The van der Waals surface area contributed by atoms with E-state index >= 15 is 0 Å². The van der Waals surface area contributed by atoms with E-state index in [9.17, 15) is 18.0 Å². The lowest BCUT2D eigenvalue weighted by molar-refractivity contribution is -0.211. The summed E-state index contributed by atoms with van der Waals surface area (Å²) in [6.07, 6.45) is -7.76. The van der Waals surface area contributed by atoms with Crippen LogP contribution in [0.2, 0.25) is 0 Å². The Morgan fingerprint density at radius 3 is 2.13 bits per heavy atom. The number of nitrogens with zero attached hydrogens (tertiary/aromatic N) is 2. The monoisotopic (exact) mass is 226 g/mol. The highest BCUT2D eigenvalue weighted by molar-refractivity contribution is 5.81. The third kappa shape index (κ3) is 3.07. The number of likely N-dealkylation sites (N-methyl/N-ethyl adjacent to an activating group) is 1. The number of rotatable bonds is 1. The molecule has 0 bridgehead atoms. The van der Waals surface area contributed by atoms with Crippen LogP contribution in [0, 0.1) is 0 Å². The van der Waals surface area contributed by atoms with Crippen LogP contribution in [0.4, 0.5) is 13.2 Å². The molecule has 1 aliphatic rings. The first-order chi connectivity index (χ1) is 6.82. The van der Waals surface area contributed by atoms with Gasteiger partial charge >= 0.3 is 6.18 Å². The SMILES string of the molecule is CN1CCN(C(=O)C(O)C(F)(F)F)CC1. The van der Waals surface area contributed by atoms with E-state index in [2.05, 4.69) is 0 Å². The molecule has 0 spiro atoms. The maximum Gasteiger partial charge on any atom is 0.423 e. The maximum atomic E-state index is 12.0. The van der Waals surface area contributed by atoms with Crippen LogP contribution in [-0.4, -0.2) is 66.3 Å². The van der Waals surface area contributed by atoms with Gasteiger partial charge in [-0.05, 0) is 7.05 Å². The topological polar surface area (TPSA) is 43.8 Å². The van der Waals surface area contributed by atoms with E-state index in [0.29, 0.717) is 13.1 Å². The van der Waals surface area contributed by atoms with Gasteiger partial charge in [0.1, 0.15) is 0 Å². The van der Waals surface area contributed by atoms with Crippen LogP contribution in [0.5, 0.6) is 0 Å². The van der Waals surface area contributed by atoms with Crippen molar-refractivity contribution in [2.45, 2.75) is 12.3 Å². The first-order valence-electron chi connectivity index (χ1n) is 4.54. The van der Waals surface area contributed by atoms with Gasteiger partial charge in [0, 0.05) is 26.2 Å². The van der Waals surface area contributed by atoms with E-state index in [4.69, 9.17) is 5.11 Å². The van der Waals surface area contributed by atoms with E-state index in [0.717, 1.165) is 4.90 Å². The molecule has 1 fully saturated rings. The minimum Gasteiger partial charge on any atom is -0.376 e. The number of carbonyl (C=O) groups excluding carboxylic acids is 1. The van der Waals surface area contributed by atoms with Crippen LogP contribution in [0.15, 0.2) is 0 Å². The zero-order valence-corrected chi connectivity index (χ0v) is 8.29. The number of hydrogen-bond acceptors (Lipinski definition) is 3. The van der Waals surface area contributed by atoms with Gasteiger partial charge in [-0.2, -0.15) is 13.2 Å². The predicted molar refractivity (Wildman–Crippen MR) is 46.1 cm³/mol. The smallest absolute Gasteiger partial charge is 0.376 e. The first-order valence-corrected chi connectivity index (χ1v) is 4.54. The molecule has 1 unspecified atom stereocenters. The van der Waals surface area contributed by atoms with E-state index in [1.807, 2.05) is 11.9 Å². The van der Waals surface area contributed by atoms with Crippen LogP contribution >= 0.6 is 0 Å². The van der Waals surface area contributed by atoms with Crippen molar-refractivity contribution in [3.05, 3.63) is 0 Å². The van der Waals surface area contributed by atoms with Crippen molar-refractivity contribution in [2.75, 3.05) is 33.2 Å². The summed E-state index contributed by atoms with van der Waals surface area (Å²) in [6.45, 7) is 1.50. The highest BCUT2D eigenvalue weighted by Crippen LogP contribution is 2.21. The van der Waals surface area contributed by atoms with Crippen LogP contribution < -0.4 is 0 Å². The minimum atomic E-state index is -4.87. The number of halogens is 3. The zero-order chi connectivity index (χ0) is 11.6. The normalized spacial score (nSPS) is 21.5. The molecule has 0 aromatic carbocycles. The average Bonchev–Trinajstić information content (AvgIpc) is 2.15. The van der Waals surface area contributed by atoms with Crippen molar-refractivity contribution in [2.24, 2.45) is 0 Å². The molecule has 1 aliphatic heterocycles. The molecule has 0 aromatic heterocycles. The Kier molecular flexibility index (Phi) is 3.56. The highest BCUT2D eigenvalue weighted by Gasteiger charge is 2.45. The van der Waals surface area contributed by atoms with E-state index in [1.54, 1.807) is 0 Å². The van der Waals surface area contributed by atoms with Crippen LogP contribution in [0.1, 0.15) is 0 Å². The quantitative estimate of drug-likeness (QED) is 0.666. The largest absolute Gasteiger partial charge is 0.423 e. The fourth-order valence-electron chi connectivity index (χ4n) is 1.34. The number of piperazine rings is 1. The molecule has 15 heavy (non-hydrogen) atoms. The Balaban J connectivity index is 2.54. The molecular formula is C8H13F3N2O2. The lowest BCUT2D eigenvalue weighted by Crippen LogP contribution is -2.53. The van der Waals surface area contributed by atoms with E-state index in [1.165, 1.54) is 0 Å². The molecule has 0 radical (unpaired) electrons. The lowest BCUT2D eigenvalue weighted by atomic mass is 10.2. The van der Waals surface area contributed by atoms with Crippen LogP contribution in [0.3, 0.4) is 0 Å². The summed E-state index contributed by atoms with van der Waals surface area (Å²) in [5, 5.41) is 8.74. The van der Waals surface area contributed by atoms with Gasteiger partial charge in [0.05, 0.1) is 0 Å². The highest BCUT2D eigenvalue weighted by atomic mass is 19.4. The predicted octanol–water partition coefficient (Wildman–Crippen LogP) is -0.316. The molecule has 1 saturated heterocycles. The molecule has 0 saturated carbocycles. The third-order valence-electron chi connectivity index (χ3n) is 2.36. The van der Waals surface area contributed by atoms with Gasteiger partial charge in [0.25, 0.3) is 5.91 Å². The summed E-state index contributed by atoms with van der Waals surface area (Å²) in [7, 11) is 1.82. The lowest BCUT2D eigenvalue weighted by Gasteiger charge is -2.33. The number of aliphatic hydroxyl groups excluding tert-OH is 1. The molecule has 4 nitrogen and oxygen atoms in total. The fraction of sp³-hybridized carbons (Fsp3) is 0.875. The summed E-state index contributed by atoms with van der Waals surface area (Å²) >= 11 is 0. The molecular weight excluding hydrogens is 213 g/mol. The zero-order valence-electron chi connectivity index (χ0n) is 8.29. The van der Waals surface area contributed by atoms with Crippen LogP contribution in [0.25, 0.3) is 0 Å². The Bertz CT molecular complexity index is 237. The van der Waals surface area contributed by atoms with Gasteiger partial charge in [-0.25, -0.2) is 0 Å². The molecule has 1 rings (SSSR count). The van der Waals surface area contributed by atoms with Crippen molar-refractivity contribution in [1.82, 2.24) is 9.80 Å². The van der Waals surface area contributed by atoms with Gasteiger partial charge in [0.2, 0.25) is 6.10 Å². The summed E-state index contributed by atoms with van der Waals surface area (Å²) < 4.78 is 36.1. The number of alkyl halides is 3. The standard InChI is InChI=1S/C8H13F3N2O2/c1-12-2-4-13(5-3-12)7(15)6(14)8(9,10)11/h6,14H,2-5H2,1H3. The summed E-state index contributed by atoms with van der Waals surface area (Å²) in [5.74, 6) is -1.25.